The zero-order valence-electron chi connectivity index (χ0n) is 12.4. The third-order valence-corrected chi connectivity index (χ3v) is 4.58. The van der Waals surface area contributed by atoms with E-state index in [1.807, 2.05) is 13.8 Å². The molecule has 0 saturated carbocycles. The Morgan fingerprint density at radius 2 is 2.10 bits per heavy atom. The third kappa shape index (κ3) is 3.62. The van der Waals surface area contributed by atoms with Gasteiger partial charge in [-0.05, 0) is 39.1 Å². The van der Waals surface area contributed by atoms with E-state index in [2.05, 4.69) is 9.62 Å². The number of nitrogen functional groups attached to an aromatic ring is 1. The van der Waals surface area contributed by atoms with Crippen LogP contribution in [-0.2, 0) is 14.8 Å². The molecule has 3 N–H and O–H groups in total. The van der Waals surface area contributed by atoms with Crippen molar-refractivity contribution in [1.29, 1.82) is 0 Å². The molecule has 1 unspecified atom stereocenters. The molecule has 0 heterocycles. The van der Waals surface area contributed by atoms with Crippen molar-refractivity contribution < 1.29 is 13.2 Å². The number of anilines is 2. The van der Waals surface area contributed by atoms with Gasteiger partial charge < -0.3 is 15.4 Å². The minimum atomic E-state index is -3.47. The largest absolute Gasteiger partial charge is 0.397 e. The van der Waals surface area contributed by atoms with Crippen molar-refractivity contribution in [3.63, 3.8) is 0 Å². The Labute approximate surface area is 121 Å². The number of benzene rings is 1. The van der Waals surface area contributed by atoms with Gasteiger partial charge in [0.05, 0.1) is 22.9 Å². The molecule has 7 heteroatoms. The lowest BCUT2D eigenvalue weighted by Crippen LogP contribution is -2.36. The number of rotatable bonds is 7. The van der Waals surface area contributed by atoms with Crippen LogP contribution >= 0.6 is 0 Å². The zero-order valence-corrected chi connectivity index (χ0v) is 13.2. The number of sulfonamides is 1. The Kier molecular flexibility index (Phi) is 5.79. The average molecular weight is 301 g/mol. The van der Waals surface area contributed by atoms with Crippen LogP contribution in [0.25, 0.3) is 0 Å². The zero-order chi connectivity index (χ0) is 15.3. The van der Waals surface area contributed by atoms with E-state index in [0.29, 0.717) is 12.3 Å². The first-order chi connectivity index (χ1) is 9.37. The highest BCUT2D eigenvalue weighted by atomic mass is 32.2. The number of nitrogens with two attached hydrogens (primary N) is 1. The summed E-state index contributed by atoms with van der Waals surface area (Å²) in [6.45, 7) is 5.38. The minimum absolute atomic E-state index is 0.152. The average Bonchev–Trinajstić information content (AvgIpc) is 2.41. The molecule has 0 fully saturated rings. The SMILES string of the molecule is CCN(c1ccc(S(=O)(=O)NC)cc1N)C(C)COC. The highest BCUT2D eigenvalue weighted by Crippen LogP contribution is 2.27. The molecule has 0 aliphatic carbocycles. The number of hydrogen-bond donors (Lipinski definition) is 2. The number of likely N-dealkylation sites (N-methyl/N-ethyl adjacent to an activating group) is 1. The lowest BCUT2D eigenvalue weighted by atomic mass is 10.2. The lowest BCUT2D eigenvalue weighted by Gasteiger charge is -2.31. The van der Waals surface area contributed by atoms with E-state index >= 15 is 0 Å². The fourth-order valence-electron chi connectivity index (χ4n) is 2.13. The number of hydrogen-bond acceptors (Lipinski definition) is 5. The van der Waals surface area contributed by atoms with E-state index in [-0.39, 0.29) is 10.9 Å². The van der Waals surface area contributed by atoms with E-state index in [0.717, 1.165) is 12.2 Å². The van der Waals surface area contributed by atoms with Gasteiger partial charge in [-0.25, -0.2) is 13.1 Å². The van der Waals surface area contributed by atoms with Crippen LogP contribution in [0.4, 0.5) is 11.4 Å². The smallest absolute Gasteiger partial charge is 0.240 e. The molecule has 114 valence electrons. The molecule has 0 spiro atoms. The number of methoxy groups -OCH3 is 1. The number of nitrogens with one attached hydrogen (secondary N) is 1. The van der Waals surface area contributed by atoms with Gasteiger partial charge in [-0.1, -0.05) is 0 Å². The second-order valence-corrected chi connectivity index (χ2v) is 6.41. The molecule has 6 nitrogen and oxygen atoms in total. The maximum atomic E-state index is 11.7. The van der Waals surface area contributed by atoms with Crippen LogP contribution in [0.1, 0.15) is 13.8 Å². The van der Waals surface area contributed by atoms with Crippen LogP contribution in [0.3, 0.4) is 0 Å². The molecule has 0 radical (unpaired) electrons. The summed E-state index contributed by atoms with van der Waals surface area (Å²) in [7, 11) is -0.451. The van der Waals surface area contributed by atoms with Gasteiger partial charge >= 0.3 is 0 Å². The summed E-state index contributed by atoms with van der Waals surface area (Å²) >= 11 is 0. The fourth-order valence-corrected chi connectivity index (χ4v) is 2.89. The Morgan fingerprint density at radius 3 is 2.55 bits per heavy atom. The predicted molar refractivity (Wildman–Crippen MR) is 81.5 cm³/mol. The first-order valence-corrected chi connectivity index (χ1v) is 7.94. The van der Waals surface area contributed by atoms with E-state index < -0.39 is 10.0 Å². The summed E-state index contributed by atoms with van der Waals surface area (Å²) in [6.07, 6.45) is 0. The van der Waals surface area contributed by atoms with Crippen molar-refractivity contribution in [2.45, 2.75) is 24.8 Å². The quantitative estimate of drug-likeness (QED) is 0.735. The summed E-state index contributed by atoms with van der Waals surface area (Å²) in [5, 5.41) is 0. The maximum absolute atomic E-state index is 11.7. The van der Waals surface area contributed by atoms with Crippen molar-refractivity contribution in [2.75, 3.05) is 37.9 Å². The predicted octanol–water partition coefficient (Wildman–Crippen LogP) is 1.04. The second-order valence-electron chi connectivity index (χ2n) is 4.52. The van der Waals surface area contributed by atoms with Gasteiger partial charge in [0, 0.05) is 19.7 Å². The monoisotopic (exact) mass is 301 g/mol. The number of nitrogens with zero attached hydrogens (tertiary/aromatic N) is 1. The van der Waals surface area contributed by atoms with Gasteiger partial charge in [-0.2, -0.15) is 0 Å². The Bertz CT molecular complexity index is 546. The molecular formula is C13H23N3O3S. The van der Waals surface area contributed by atoms with E-state index in [1.165, 1.54) is 13.1 Å². The molecule has 0 aliphatic heterocycles. The van der Waals surface area contributed by atoms with E-state index in [4.69, 9.17) is 10.5 Å². The van der Waals surface area contributed by atoms with Crippen molar-refractivity contribution in [3.8, 4) is 0 Å². The maximum Gasteiger partial charge on any atom is 0.240 e. The van der Waals surface area contributed by atoms with Crippen LogP contribution in [-0.4, -0.2) is 41.8 Å². The van der Waals surface area contributed by atoms with Crippen molar-refractivity contribution in [2.24, 2.45) is 0 Å². The summed E-state index contributed by atoms with van der Waals surface area (Å²) in [4.78, 5) is 2.24. The van der Waals surface area contributed by atoms with Gasteiger partial charge in [-0.15, -0.1) is 0 Å². The first kappa shape index (κ1) is 16.7. The molecule has 0 aliphatic rings. The Hall–Kier alpha value is -1.31. The van der Waals surface area contributed by atoms with Crippen molar-refractivity contribution >= 4 is 21.4 Å². The van der Waals surface area contributed by atoms with Crippen LogP contribution in [0.15, 0.2) is 23.1 Å². The summed E-state index contributed by atoms with van der Waals surface area (Å²) < 4.78 is 30.9. The summed E-state index contributed by atoms with van der Waals surface area (Å²) in [5.74, 6) is 0. The molecule has 1 atom stereocenters. The van der Waals surface area contributed by atoms with Crippen LogP contribution in [0.5, 0.6) is 0 Å². The molecule has 1 rings (SSSR count). The molecule has 0 aromatic heterocycles. The molecule has 20 heavy (non-hydrogen) atoms. The van der Waals surface area contributed by atoms with Crippen LogP contribution in [0, 0.1) is 0 Å². The highest BCUT2D eigenvalue weighted by molar-refractivity contribution is 7.89. The van der Waals surface area contributed by atoms with Gasteiger partial charge in [0.25, 0.3) is 0 Å². The van der Waals surface area contributed by atoms with Gasteiger partial charge in [0.15, 0.2) is 0 Å². The Balaban J connectivity index is 3.15. The summed E-state index contributed by atoms with van der Waals surface area (Å²) in [5.41, 5.74) is 7.26. The number of ether oxygens (including phenoxy) is 1. The fraction of sp³-hybridized carbons (Fsp3) is 0.538. The van der Waals surface area contributed by atoms with Crippen molar-refractivity contribution in [1.82, 2.24) is 4.72 Å². The molecular weight excluding hydrogens is 278 g/mol. The minimum Gasteiger partial charge on any atom is -0.397 e. The van der Waals surface area contributed by atoms with Crippen molar-refractivity contribution in [3.05, 3.63) is 18.2 Å². The molecule has 0 bridgehead atoms. The standard InChI is InChI=1S/C13H23N3O3S/c1-5-16(10(2)9-19-4)13-7-6-11(8-12(13)14)20(17,18)15-3/h6-8,10,15H,5,9,14H2,1-4H3. The third-order valence-electron chi connectivity index (χ3n) is 3.17. The van der Waals surface area contributed by atoms with Gasteiger partial charge in [0.1, 0.15) is 0 Å². The van der Waals surface area contributed by atoms with Gasteiger partial charge in [0.2, 0.25) is 10.0 Å². The highest BCUT2D eigenvalue weighted by Gasteiger charge is 2.18. The van der Waals surface area contributed by atoms with Crippen LogP contribution < -0.4 is 15.4 Å². The van der Waals surface area contributed by atoms with Gasteiger partial charge in [-0.3, -0.25) is 0 Å². The molecule has 0 saturated heterocycles. The molecule has 1 aromatic carbocycles. The molecule has 1 aromatic rings. The second kappa shape index (κ2) is 6.92. The first-order valence-electron chi connectivity index (χ1n) is 6.46. The topological polar surface area (TPSA) is 84.7 Å². The Morgan fingerprint density at radius 1 is 1.45 bits per heavy atom. The van der Waals surface area contributed by atoms with Crippen LogP contribution in [0.2, 0.25) is 0 Å². The lowest BCUT2D eigenvalue weighted by molar-refractivity contribution is 0.182. The van der Waals surface area contributed by atoms with E-state index in [1.54, 1.807) is 19.2 Å². The summed E-state index contributed by atoms with van der Waals surface area (Å²) in [6, 6.07) is 4.91. The normalized spacial score (nSPS) is 13.2. The molecule has 0 amide bonds. The van der Waals surface area contributed by atoms with E-state index in [9.17, 15) is 8.42 Å².